The van der Waals surface area contributed by atoms with E-state index in [2.05, 4.69) is 318 Å². The molecule has 16 aromatic rings. The SMILES string of the molecule is CC1(C)c2ccccc2-c2ccc(N(c3ccc(O[B]O)cc3)c3ccc(-c4ccc5c(c4)c4ccccc4n5-c4ccccc4)cc3)cc21.O[B]Oc1ccc(N(c2ccc(-c3ccccc3)cc2)c2ccc(-c3ccc4c(c3)c3ccccc3n4-c3ccccc3)cc2)cc1. The molecule has 0 amide bonds. The molecule has 0 aliphatic heterocycles. The Bertz CT molecular complexity index is 5490. The highest BCUT2D eigenvalue weighted by atomic mass is 16.5. The Morgan fingerprint density at radius 2 is 0.608 bits per heavy atom. The molecule has 0 fully saturated rings. The van der Waals surface area contributed by atoms with E-state index in [0.717, 1.165) is 62.2 Å². The molecule has 0 saturated carbocycles. The fourth-order valence-electron chi connectivity index (χ4n) is 14.2. The van der Waals surface area contributed by atoms with Crippen LogP contribution in [0.5, 0.6) is 11.5 Å². The Kier molecular flexibility index (Phi) is 15.9. The van der Waals surface area contributed by atoms with Crippen LogP contribution in [0.15, 0.2) is 340 Å². The summed E-state index contributed by atoms with van der Waals surface area (Å²) >= 11 is 0. The van der Waals surface area contributed by atoms with Crippen LogP contribution >= 0.6 is 0 Å². The van der Waals surface area contributed by atoms with Gasteiger partial charge in [-0.3, -0.25) is 0 Å². The van der Waals surface area contributed by atoms with Crippen LogP contribution < -0.4 is 19.1 Å². The first-order chi connectivity index (χ1) is 47.8. The fourth-order valence-corrected chi connectivity index (χ4v) is 14.2. The largest absolute Gasteiger partial charge is 0.569 e. The molecule has 10 heteroatoms. The summed E-state index contributed by atoms with van der Waals surface area (Å²) in [7, 11) is 1.41. The highest BCUT2D eigenvalue weighted by Crippen LogP contribution is 2.51. The second kappa shape index (κ2) is 25.7. The molecule has 1 aliphatic rings. The molecule has 14 aromatic carbocycles. The van der Waals surface area contributed by atoms with Crippen molar-refractivity contribution < 1.29 is 19.4 Å². The number of anilines is 6. The predicted octanol–water partition coefficient (Wildman–Crippen LogP) is 21.6. The molecule has 0 bridgehead atoms. The van der Waals surface area contributed by atoms with E-state index < -0.39 is 0 Å². The second-order valence-electron chi connectivity index (χ2n) is 24.9. The zero-order valence-corrected chi connectivity index (χ0v) is 53.5. The maximum absolute atomic E-state index is 9.19. The van der Waals surface area contributed by atoms with Crippen LogP contribution in [0.25, 0.3) is 99.5 Å². The van der Waals surface area contributed by atoms with Crippen LogP contribution in [0.2, 0.25) is 0 Å². The van der Waals surface area contributed by atoms with Gasteiger partial charge in [-0.05, 0) is 213 Å². The van der Waals surface area contributed by atoms with Crippen molar-refractivity contribution in [3.63, 3.8) is 0 Å². The van der Waals surface area contributed by atoms with E-state index in [4.69, 9.17) is 14.3 Å². The van der Waals surface area contributed by atoms with Gasteiger partial charge in [0.25, 0.3) is 0 Å². The summed E-state index contributed by atoms with van der Waals surface area (Å²) in [5.41, 5.74) is 25.4. The Balaban J connectivity index is 0.000000152. The van der Waals surface area contributed by atoms with E-state index in [1.165, 1.54) is 82.6 Å². The molecule has 1 aliphatic carbocycles. The molecule has 462 valence electrons. The molecule has 2 N–H and O–H groups in total. The van der Waals surface area contributed by atoms with Crippen molar-refractivity contribution in [3.05, 3.63) is 351 Å². The zero-order valence-electron chi connectivity index (χ0n) is 53.5. The van der Waals surface area contributed by atoms with Crippen molar-refractivity contribution >= 4 is 93.1 Å². The first-order valence-electron chi connectivity index (χ1n) is 32.6. The lowest BCUT2D eigenvalue weighted by Gasteiger charge is -2.28. The number of fused-ring (bicyclic) bond motifs is 9. The topological polar surface area (TPSA) is 75.3 Å². The molecular formula is C87H64B2N4O4. The van der Waals surface area contributed by atoms with E-state index in [1.807, 2.05) is 54.6 Å². The Morgan fingerprint density at radius 3 is 1.06 bits per heavy atom. The van der Waals surface area contributed by atoms with Gasteiger partial charge in [0.05, 0.1) is 22.1 Å². The second-order valence-corrected chi connectivity index (χ2v) is 24.9. The smallest absolute Gasteiger partial charge is 0.537 e. The molecule has 0 spiro atoms. The van der Waals surface area contributed by atoms with Crippen LogP contribution in [0.3, 0.4) is 0 Å². The van der Waals surface area contributed by atoms with Crippen LogP contribution in [0.1, 0.15) is 25.0 Å². The maximum atomic E-state index is 9.19. The summed E-state index contributed by atoms with van der Waals surface area (Å²) in [6.07, 6.45) is 0. The lowest BCUT2D eigenvalue weighted by atomic mass is 9.82. The number of aromatic nitrogens is 2. The van der Waals surface area contributed by atoms with Gasteiger partial charge in [0.2, 0.25) is 0 Å². The van der Waals surface area contributed by atoms with Crippen LogP contribution in [0.4, 0.5) is 34.1 Å². The zero-order chi connectivity index (χ0) is 65.4. The first kappa shape index (κ1) is 59.9. The first-order valence-corrected chi connectivity index (χ1v) is 32.6. The number of hydrogen-bond acceptors (Lipinski definition) is 6. The van der Waals surface area contributed by atoms with E-state index in [-0.39, 0.29) is 5.41 Å². The normalized spacial score (nSPS) is 12.0. The molecular weight excluding hydrogens is 1190 g/mol. The summed E-state index contributed by atoms with van der Waals surface area (Å²) in [4.78, 5) is 4.51. The minimum Gasteiger partial charge on any atom is -0.537 e. The monoisotopic (exact) mass is 1250 g/mol. The van der Waals surface area contributed by atoms with Crippen LogP contribution in [0, 0.1) is 0 Å². The van der Waals surface area contributed by atoms with E-state index in [1.54, 1.807) is 0 Å². The van der Waals surface area contributed by atoms with E-state index >= 15 is 0 Å². The molecule has 2 heterocycles. The van der Waals surface area contributed by atoms with Crippen molar-refractivity contribution in [2.24, 2.45) is 0 Å². The summed E-state index contributed by atoms with van der Waals surface area (Å²) in [6, 6.07) is 120. The molecule has 0 atom stereocenters. The van der Waals surface area contributed by atoms with Crippen molar-refractivity contribution in [3.8, 4) is 67.4 Å². The van der Waals surface area contributed by atoms with E-state index in [0.29, 0.717) is 26.9 Å². The lowest BCUT2D eigenvalue weighted by molar-refractivity contribution is 0.453. The molecule has 2 radical (unpaired) electrons. The van der Waals surface area contributed by atoms with Crippen molar-refractivity contribution in [2.45, 2.75) is 19.3 Å². The van der Waals surface area contributed by atoms with Gasteiger partial charge in [-0.2, -0.15) is 0 Å². The third-order valence-electron chi connectivity index (χ3n) is 18.9. The number of hydrogen-bond donors (Lipinski definition) is 2. The molecule has 17 rings (SSSR count). The van der Waals surface area contributed by atoms with Crippen molar-refractivity contribution in [2.75, 3.05) is 9.80 Å². The van der Waals surface area contributed by atoms with Gasteiger partial charge in [-0.15, -0.1) is 0 Å². The van der Waals surface area contributed by atoms with Gasteiger partial charge in [0.15, 0.2) is 0 Å². The van der Waals surface area contributed by atoms with Gasteiger partial charge in [0.1, 0.15) is 11.5 Å². The fraction of sp³-hybridized carbons (Fsp3) is 0.0345. The summed E-state index contributed by atoms with van der Waals surface area (Å²) < 4.78 is 15.1. The highest BCUT2D eigenvalue weighted by molar-refractivity contribution is 6.17. The van der Waals surface area contributed by atoms with Crippen molar-refractivity contribution in [1.29, 1.82) is 0 Å². The quantitative estimate of drug-likeness (QED) is 0.0997. The van der Waals surface area contributed by atoms with Gasteiger partial charge in [-0.1, -0.05) is 196 Å². The third kappa shape index (κ3) is 11.2. The number of para-hydroxylation sites is 4. The summed E-state index contributed by atoms with van der Waals surface area (Å²) in [5.74, 6) is 1.14. The minimum atomic E-state index is -0.117. The molecule has 97 heavy (non-hydrogen) atoms. The third-order valence-corrected chi connectivity index (χ3v) is 18.9. The van der Waals surface area contributed by atoms with Gasteiger partial charge < -0.3 is 38.3 Å². The lowest BCUT2D eigenvalue weighted by Crippen LogP contribution is -2.16. The number of benzene rings is 14. The summed E-state index contributed by atoms with van der Waals surface area (Å²) in [6.45, 7) is 4.62. The van der Waals surface area contributed by atoms with Gasteiger partial charge in [-0.25, -0.2) is 0 Å². The molecule has 8 nitrogen and oxygen atoms in total. The minimum absolute atomic E-state index is 0.117. The summed E-state index contributed by atoms with van der Waals surface area (Å²) in [5, 5.41) is 23.2. The predicted molar refractivity (Wildman–Crippen MR) is 402 cm³/mol. The Morgan fingerprint density at radius 1 is 0.278 bits per heavy atom. The molecule has 0 saturated heterocycles. The van der Waals surface area contributed by atoms with Gasteiger partial charge >= 0.3 is 15.4 Å². The molecule has 2 aromatic heterocycles. The van der Waals surface area contributed by atoms with Crippen molar-refractivity contribution in [1.82, 2.24) is 9.13 Å². The highest BCUT2D eigenvalue weighted by Gasteiger charge is 2.36. The molecule has 0 unspecified atom stereocenters. The Labute approximate surface area is 565 Å². The number of rotatable bonds is 15. The maximum Gasteiger partial charge on any atom is 0.569 e. The Hall–Kier alpha value is -12.1. The number of nitrogens with zero attached hydrogens (tertiary/aromatic N) is 4. The average molecular weight is 1250 g/mol. The van der Waals surface area contributed by atoms with Crippen LogP contribution in [-0.2, 0) is 5.41 Å². The van der Waals surface area contributed by atoms with E-state index in [9.17, 15) is 5.02 Å². The van der Waals surface area contributed by atoms with Gasteiger partial charge in [0, 0.05) is 72.5 Å². The van der Waals surface area contributed by atoms with Crippen LogP contribution in [-0.4, -0.2) is 34.6 Å². The standard InChI is InChI=1S/C45H34BN2O2.C42H30BN2O2/c1-45(2)41-14-8-6-12-37(41)38-26-23-35(29-42(38)45)47(34-21-24-36(25-22-34)50-46-49)33-19-16-30(17-20-33)31-18-27-44-40(28-31)39-13-7-9-15-43(39)48(44)32-10-4-3-5-11-32;46-43-47-38-26-24-37(25-27-38)44(35-20-15-31(16-21-35)30-9-3-1-4-10-30)36-22-17-32(18-23-36)33-19-28-42-40(29-33)39-13-7-8-14-41(39)45(42)34-11-5-2-6-12-34/h3-29,49H,1-2H3;1-29,46H. The average Bonchev–Trinajstić information content (AvgIpc) is 1.61.